The molecule has 0 unspecified atom stereocenters. The normalized spacial score (nSPS) is 12.0. The largest absolute Gasteiger partial charge is 0.350 e. The Labute approximate surface area is 150 Å². The maximum Gasteiger partial charge on any atom is 0.269 e. The molecule has 8 heteroatoms. The second-order valence-electron chi connectivity index (χ2n) is 5.94. The van der Waals surface area contributed by atoms with Crippen LogP contribution in [0.5, 0.6) is 0 Å². The number of nitrogens with zero attached hydrogens (tertiary/aromatic N) is 2. The van der Waals surface area contributed by atoms with Gasteiger partial charge in [0.1, 0.15) is 5.69 Å². The number of rotatable bonds is 6. The Morgan fingerprint density at radius 3 is 2.68 bits per heavy atom. The Kier molecular flexibility index (Phi) is 4.91. The third kappa shape index (κ3) is 3.74. The molecule has 1 N–H and O–H groups in total. The van der Waals surface area contributed by atoms with E-state index in [1.165, 1.54) is 11.3 Å². The molecular formula is C17H19N3O3S2. The Bertz CT molecular complexity index is 989. The molecule has 0 aliphatic heterocycles. The molecule has 1 amide bonds. The van der Waals surface area contributed by atoms with Gasteiger partial charge in [-0.3, -0.25) is 9.20 Å². The summed E-state index contributed by atoms with van der Waals surface area (Å²) < 4.78 is 25.3. The molecule has 0 bridgehead atoms. The summed E-state index contributed by atoms with van der Waals surface area (Å²) in [4.78, 5) is 17.6. The average Bonchev–Trinajstić information content (AvgIpc) is 3.15. The molecule has 0 spiro atoms. The van der Waals surface area contributed by atoms with Crippen molar-refractivity contribution in [2.24, 2.45) is 0 Å². The van der Waals surface area contributed by atoms with E-state index in [1.54, 1.807) is 23.6 Å². The Morgan fingerprint density at radius 1 is 1.28 bits per heavy atom. The Balaban J connectivity index is 1.75. The molecular weight excluding hydrogens is 358 g/mol. The molecule has 3 rings (SSSR count). The molecule has 0 aliphatic rings. The summed E-state index contributed by atoms with van der Waals surface area (Å²) in [5.74, 6) is -0.370. The molecule has 2 aromatic heterocycles. The number of nitrogens with one attached hydrogen (secondary N) is 1. The number of benzene rings is 1. The number of imidazole rings is 1. The van der Waals surface area contributed by atoms with Gasteiger partial charge in [0.05, 0.1) is 16.7 Å². The molecule has 0 fully saturated rings. The lowest BCUT2D eigenvalue weighted by Gasteiger charge is -2.08. The number of hydrogen-bond acceptors (Lipinski definition) is 5. The maximum absolute atomic E-state index is 12.4. The van der Waals surface area contributed by atoms with E-state index in [1.807, 2.05) is 36.5 Å². The molecule has 0 atom stereocenters. The molecule has 6 nitrogen and oxygen atoms in total. The van der Waals surface area contributed by atoms with Gasteiger partial charge in [0, 0.05) is 23.7 Å². The van der Waals surface area contributed by atoms with Crippen LogP contribution in [0.2, 0.25) is 0 Å². The fraction of sp³-hybridized carbons (Fsp3) is 0.294. The fourth-order valence-electron chi connectivity index (χ4n) is 2.33. The van der Waals surface area contributed by atoms with Gasteiger partial charge in [-0.25, -0.2) is 13.4 Å². The first-order valence-corrected chi connectivity index (χ1v) is 10.5. The van der Waals surface area contributed by atoms with Crippen LogP contribution in [0, 0.1) is 0 Å². The molecule has 25 heavy (non-hydrogen) atoms. The van der Waals surface area contributed by atoms with Crippen LogP contribution >= 0.6 is 11.3 Å². The van der Waals surface area contributed by atoms with Crippen molar-refractivity contribution in [3.8, 4) is 11.3 Å². The molecule has 2 heterocycles. The number of thiazole rings is 1. The molecule has 1 aromatic carbocycles. The predicted octanol–water partition coefficient (Wildman–Crippen LogP) is 2.62. The number of fused-ring (bicyclic) bond motifs is 1. The van der Waals surface area contributed by atoms with Gasteiger partial charge in [-0.2, -0.15) is 0 Å². The highest BCUT2D eigenvalue weighted by Crippen LogP contribution is 2.23. The third-order valence-corrected chi connectivity index (χ3v) is 6.95. The molecule has 0 saturated carbocycles. The lowest BCUT2D eigenvalue weighted by Crippen LogP contribution is -2.32. The van der Waals surface area contributed by atoms with Gasteiger partial charge in [-0.1, -0.05) is 30.3 Å². The molecule has 0 radical (unpaired) electrons. The summed E-state index contributed by atoms with van der Waals surface area (Å²) in [5.41, 5.74) is 2.23. The van der Waals surface area contributed by atoms with Crippen LogP contribution in [0.1, 0.15) is 24.3 Å². The first kappa shape index (κ1) is 17.6. The van der Waals surface area contributed by atoms with Gasteiger partial charge in [0.15, 0.2) is 14.8 Å². The van der Waals surface area contributed by atoms with Crippen LogP contribution < -0.4 is 5.32 Å². The molecule has 3 aromatic rings. The average molecular weight is 377 g/mol. The van der Waals surface area contributed by atoms with Gasteiger partial charge >= 0.3 is 0 Å². The van der Waals surface area contributed by atoms with Crippen LogP contribution in [0.3, 0.4) is 0 Å². The zero-order valence-electron chi connectivity index (χ0n) is 14.0. The minimum absolute atomic E-state index is 0.0666. The van der Waals surface area contributed by atoms with Crippen molar-refractivity contribution in [2.75, 3.05) is 12.3 Å². The molecule has 0 saturated heterocycles. The Hall–Kier alpha value is -2.19. The van der Waals surface area contributed by atoms with E-state index >= 15 is 0 Å². The number of carbonyl (C=O) groups is 1. The summed E-state index contributed by atoms with van der Waals surface area (Å²) >= 11 is 1.37. The van der Waals surface area contributed by atoms with Gasteiger partial charge in [-0.15, -0.1) is 11.3 Å². The standard InChI is InChI=1S/C17H19N3O3S2/c1-12(2)25(22,23)9-8-18-16(21)15-11-24-17-19-14(10-20(15)17)13-6-4-3-5-7-13/h3-7,10-12H,8-9H2,1-2H3,(H,18,21). The number of aromatic nitrogens is 2. The van der Waals surface area contributed by atoms with Crippen molar-refractivity contribution in [3.05, 3.63) is 47.6 Å². The zero-order chi connectivity index (χ0) is 18.0. The van der Waals surface area contributed by atoms with Gasteiger partial charge in [-0.05, 0) is 13.8 Å². The first-order valence-electron chi connectivity index (χ1n) is 7.90. The van der Waals surface area contributed by atoms with Crippen molar-refractivity contribution in [2.45, 2.75) is 19.1 Å². The number of hydrogen-bond donors (Lipinski definition) is 1. The van der Waals surface area contributed by atoms with E-state index in [0.29, 0.717) is 5.69 Å². The zero-order valence-corrected chi connectivity index (χ0v) is 15.6. The van der Waals surface area contributed by atoms with Crippen LogP contribution in [-0.2, 0) is 9.84 Å². The summed E-state index contributed by atoms with van der Waals surface area (Å²) in [6.45, 7) is 3.36. The minimum atomic E-state index is -3.17. The van der Waals surface area contributed by atoms with Crippen molar-refractivity contribution < 1.29 is 13.2 Å². The quantitative estimate of drug-likeness (QED) is 0.716. The lowest BCUT2D eigenvalue weighted by atomic mass is 10.2. The Morgan fingerprint density at radius 2 is 2.00 bits per heavy atom. The summed E-state index contributed by atoms with van der Waals surface area (Å²) in [5, 5.41) is 3.96. The molecule has 132 valence electrons. The summed E-state index contributed by atoms with van der Waals surface area (Å²) in [6, 6.07) is 9.73. The highest BCUT2D eigenvalue weighted by molar-refractivity contribution is 7.92. The SMILES string of the molecule is CC(C)S(=O)(=O)CCNC(=O)c1csc2nc(-c3ccccc3)cn12. The van der Waals surface area contributed by atoms with Crippen LogP contribution in [0.15, 0.2) is 41.9 Å². The second-order valence-corrected chi connectivity index (χ2v) is 9.45. The molecule has 0 aliphatic carbocycles. The lowest BCUT2D eigenvalue weighted by molar-refractivity contribution is 0.0950. The minimum Gasteiger partial charge on any atom is -0.350 e. The third-order valence-electron chi connectivity index (χ3n) is 3.90. The van der Waals surface area contributed by atoms with Crippen LogP contribution in [0.4, 0.5) is 0 Å². The van der Waals surface area contributed by atoms with Crippen molar-refractivity contribution in [1.29, 1.82) is 0 Å². The summed E-state index contributed by atoms with van der Waals surface area (Å²) in [6.07, 6.45) is 1.82. The van der Waals surface area contributed by atoms with Crippen molar-refractivity contribution in [1.82, 2.24) is 14.7 Å². The van der Waals surface area contributed by atoms with Gasteiger partial charge in [0.2, 0.25) is 0 Å². The van der Waals surface area contributed by atoms with E-state index in [-0.39, 0.29) is 18.2 Å². The van der Waals surface area contributed by atoms with Crippen molar-refractivity contribution in [3.63, 3.8) is 0 Å². The maximum atomic E-state index is 12.4. The summed E-state index contributed by atoms with van der Waals surface area (Å²) in [7, 11) is -3.17. The smallest absolute Gasteiger partial charge is 0.269 e. The van der Waals surface area contributed by atoms with E-state index in [9.17, 15) is 13.2 Å². The van der Waals surface area contributed by atoms with Crippen molar-refractivity contribution >= 4 is 32.0 Å². The van der Waals surface area contributed by atoms with E-state index in [4.69, 9.17) is 0 Å². The second kappa shape index (κ2) is 6.97. The predicted molar refractivity (Wildman–Crippen MR) is 99.8 cm³/mol. The number of sulfone groups is 1. The van der Waals surface area contributed by atoms with Gasteiger partial charge < -0.3 is 5.32 Å². The van der Waals surface area contributed by atoms with Crippen LogP contribution in [0.25, 0.3) is 16.2 Å². The number of carbonyl (C=O) groups excluding carboxylic acids is 1. The monoisotopic (exact) mass is 377 g/mol. The topological polar surface area (TPSA) is 80.5 Å². The highest BCUT2D eigenvalue weighted by atomic mass is 32.2. The van der Waals surface area contributed by atoms with E-state index in [0.717, 1.165) is 16.2 Å². The number of amides is 1. The van der Waals surface area contributed by atoms with E-state index < -0.39 is 15.1 Å². The first-order chi connectivity index (χ1) is 11.9. The van der Waals surface area contributed by atoms with Gasteiger partial charge in [0.25, 0.3) is 5.91 Å². The fourth-order valence-corrected chi connectivity index (χ4v) is 4.04. The highest BCUT2D eigenvalue weighted by Gasteiger charge is 2.18. The van der Waals surface area contributed by atoms with Crippen LogP contribution in [-0.4, -0.2) is 41.3 Å². The van der Waals surface area contributed by atoms with E-state index in [2.05, 4.69) is 10.3 Å².